The largest absolute Gasteiger partial charge is 0.490 e. The molecule has 4 rings (SSSR count). The fraction of sp³-hybridized carbons (Fsp3) is 0.737. The zero-order valence-electron chi connectivity index (χ0n) is 16.9. The first-order chi connectivity index (χ1) is 14.2. The van der Waals surface area contributed by atoms with Crippen LogP contribution in [0.4, 0.5) is 19.0 Å². The van der Waals surface area contributed by atoms with Crippen LogP contribution in [0, 0.1) is 5.41 Å². The van der Waals surface area contributed by atoms with Gasteiger partial charge in [-0.3, -0.25) is 4.90 Å². The molecule has 1 aliphatic carbocycles. The van der Waals surface area contributed by atoms with Gasteiger partial charge < -0.3 is 19.5 Å². The number of hydrogen-bond donors (Lipinski definition) is 1. The minimum Gasteiger partial charge on any atom is -0.481 e. The van der Waals surface area contributed by atoms with Crippen molar-refractivity contribution in [3.8, 4) is 5.88 Å². The number of hydrogen-bond acceptors (Lipinski definition) is 7. The molecule has 2 aliphatic heterocycles. The molecule has 1 saturated carbocycles. The van der Waals surface area contributed by atoms with Gasteiger partial charge in [0.05, 0.1) is 20.3 Å². The van der Waals surface area contributed by atoms with Crippen LogP contribution in [0.3, 0.4) is 0 Å². The predicted molar refractivity (Wildman–Crippen MR) is 102 cm³/mol. The lowest BCUT2D eigenvalue weighted by Crippen LogP contribution is -2.57. The Morgan fingerprint density at radius 2 is 1.80 bits per heavy atom. The van der Waals surface area contributed by atoms with Crippen molar-refractivity contribution in [2.75, 3.05) is 51.4 Å². The zero-order valence-corrected chi connectivity index (χ0v) is 16.9. The van der Waals surface area contributed by atoms with Gasteiger partial charge in [0.2, 0.25) is 5.88 Å². The third-order valence-electron chi connectivity index (χ3n) is 6.13. The van der Waals surface area contributed by atoms with Gasteiger partial charge in [-0.15, -0.1) is 0 Å². The highest BCUT2D eigenvalue weighted by Crippen LogP contribution is 2.51. The number of aromatic nitrogens is 2. The number of halogens is 3. The van der Waals surface area contributed by atoms with Crippen molar-refractivity contribution in [3.05, 3.63) is 12.4 Å². The van der Waals surface area contributed by atoms with Crippen LogP contribution in [0.1, 0.15) is 25.7 Å². The third-order valence-corrected chi connectivity index (χ3v) is 6.13. The molecule has 2 saturated heterocycles. The number of rotatable bonds is 3. The maximum absolute atomic E-state index is 10.6. The lowest BCUT2D eigenvalue weighted by atomic mass is 9.60. The SMILES string of the molecule is COc1cc(N2CCC3(CC2)CC(N2CCOCC2)C3)ncn1.O=C(O)C(F)(F)F. The number of carbonyl (C=O) groups is 1. The molecule has 0 radical (unpaired) electrons. The van der Waals surface area contributed by atoms with Crippen LogP contribution >= 0.6 is 0 Å². The van der Waals surface area contributed by atoms with Gasteiger partial charge in [0.25, 0.3) is 0 Å². The van der Waals surface area contributed by atoms with Gasteiger partial charge in [-0.05, 0) is 31.1 Å². The maximum atomic E-state index is 10.6. The number of morpholine rings is 1. The number of aliphatic carboxylic acids is 1. The number of piperidine rings is 1. The van der Waals surface area contributed by atoms with Gasteiger partial charge >= 0.3 is 12.1 Å². The van der Waals surface area contributed by atoms with Gasteiger partial charge in [-0.25, -0.2) is 14.8 Å². The van der Waals surface area contributed by atoms with E-state index in [1.54, 1.807) is 13.4 Å². The summed E-state index contributed by atoms with van der Waals surface area (Å²) in [5.74, 6) is -1.12. The monoisotopic (exact) mass is 432 g/mol. The Morgan fingerprint density at radius 3 is 2.33 bits per heavy atom. The molecule has 3 heterocycles. The van der Waals surface area contributed by atoms with E-state index in [1.165, 1.54) is 25.7 Å². The highest BCUT2D eigenvalue weighted by molar-refractivity contribution is 5.73. The van der Waals surface area contributed by atoms with Crippen molar-refractivity contribution in [2.24, 2.45) is 5.41 Å². The van der Waals surface area contributed by atoms with E-state index in [0.717, 1.165) is 51.3 Å². The molecule has 1 spiro atoms. The van der Waals surface area contributed by atoms with E-state index in [2.05, 4.69) is 19.8 Å². The molecule has 8 nitrogen and oxygen atoms in total. The number of methoxy groups -OCH3 is 1. The number of alkyl halides is 3. The smallest absolute Gasteiger partial charge is 0.481 e. The number of carboxylic acids is 1. The average Bonchev–Trinajstić information content (AvgIpc) is 2.72. The Bertz CT molecular complexity index is 712. The lowest BCUT2D eigenvalue weighted by Gasteiger charge is -2.56. The van der Waals surface area contributed by atoms with E-state index >= 15 is 0 Å². The average molecular weight is 432 g/mol. The summed E-state index contributed by atoms with van der Waals surface area (Å²) in [5.41, 5.74) is 0.580. The van der Waals surface area contributed by atoms with Gasteiger partial charge in [0, 0.05) is 38.3 Å². The second kappa shape index (κ2) is 9.34. The third kappa shape index (κ3) is 5.51. The summed E-state index contributed by atoms with van der Waals surface area (Å²) in [7, 11) is 1.65. The quantitative estimate of drug-likeness (QED) is 0.778. The number of nitrogens with zero attached hydrogens (tertiary/aromatic N) is 4. The first kappa shape index (κ1) is 22.5. The van der Waals surface area contributed by atoms with Crippen molar-refractivity contribution >= 4 is 11.8 Å². The minimum absolute atomic E-state index is 0.580. The maximum Gasteiger partial charge on any atom is 0.490 e. The summed E-state index contributed by atoms with van der Waals surface area (Å²) in [6.07, 6.45) is 1.80. The second-order valence-electron chi connectivity index (χ2n) is 7.92. The Balaban J connectivity index is 0.000000318. The summed E-state index contributed by atoms with van der Waals surface area (Å²) >= 11 is 0. The molecule has 0 unspecified atom stereocenters. The summed E-state index contributed by atoms with van der Waals surface area (Å²) in [4.78, 5) is 22.4. The van der Waals surface area contributed by atoms with Crippen LogP contribution in [-0.4, -0.2) is 84.7 Å². The standard InChI is InChI=1S/C17H26N4O2.C2HF3O2/c1-22-16-10-15(18-13-19-16)21-4-2-17(3-5-21)11-14(12-17)20-6-8-23-9-7-20;3-2(4,5)1(6)7/h10,13-14H,2-9,11-12H2,1H3;(H,6,7). The van der Waals surface area contributed by atoms with Gasteiger partial charge in [0.15, 0.2) is 0 Å². The molecule has 1 aromatic rings. The molecular weight excluding hydrogens is 405 g/mol. The van der Waals surface area contributed by atoms with Crippen molar-refractivity contribution in [1.82, 2.24) is 14.9 Å². The van der Waals surface area contributed by atoms with Crippen LogP contribution in [-0.2, 0) is 9.53 Å². The molecule has 0 bridgehead atoms. The fourth-order valence-corrected chi connectivity index (χ4v) is 4.37. The van der Waals surface area contributed by atoms with Crippen molar-refractivity contribution in [1.29, 1.82) is 0 Å². The minimum atomic E-state index is -5.08. The summed E-state index contributed by atoms with van der Waals surface area (Å²) in [6.45, 7) is 6.24. The van der Waals surface area contributed by atoms with E-state index < -0.39 is 12.1 Å². The Morgan fingerprint density at radius 1 is 1.20 bits per heavy atom. The first-order valence-electron chi connectivity index (χ1n) is 9.95. The van der Waals surface area contributed by atoms with Gasteiger partial charge in [-0.2, -0.15) is 13.2 Å². The van der Waals surface area contributed by atoms with Gasteiger partial charge in [0.1, 0.15) is 12.1 Å². The molecule has 168 valence electrons. The summed E-state index contributed by atoms with van der Waals surface area (Å²) < 4.78 is 42.4. The van der Waals surface area contributed by atoms with Crippen LogP contribution in [0.2, 0.25) is 0 Å². The number of carboxylic acid groups (broad SMARTS) is 1. The van der Waals surface area contributed by atoms with Crippen LogP contribution in [0.5, 0.6) is 5.88 Å². The summed E-state index contributed by atoms with van der Waals surface area (Å²) in [5, 5.41) is 7.12. The highest BCUT2D eigenvalue weighted by Gasteiger charge is 2.48. The number of ether oxygens (including phenoxy) is 2. The zero-order chi connectivity index (χ0) is 21.8. The van der Waals surface area contributed by atoms with E-state index in [1.807, 2.05) is 6.07 Å². The van der Waals surface area contributed by atoms with Crippen LogP contribution in [0.25, 0.3) is 0 Å². The van der Waals surface area contributed by atoms with E-state index in [9.17, 15) is 13.2 Å². The first-order valence-corrected chi connectivity index (χ1v) is 9.95. The Labute approximate surface area is 173 Å². The predicted octanol–water partition coefficient (Wildman–Crippen LogP) is 2.20. The van der Waals surface area contributed by atoms with Crippen LogP contribution in [0.15, 0.2) is 12.4 Å². The van der Waals surface area contributed by atoms with Gasteiger partial charge in [-0.1, -0.05) is 0 Å². The van der Waals surface area contributed by atoms with Crippen molar-refractivity contribution in [3.63, 3.8) is 0 Å². The highest BCUT2D eigenvalue weighted by atomic mass is 19.4. The molecule has 11 heteroatoms. The Hall–Kier alpha value is -2.14. The van der Waals surface area contributed by atoms with Crippen molar-refractivity contribution < 1.29 is 32.5 Å². The molecule has 1 N–H and O–H groups in total. The van der Waals surface area contributed by atoms with Crippen molar-refractivity contribution in [2.45, 2.75) is 37.9 Å². The molecule has 0 atom stereocenters. The topological polar surface area (TPSA) is 88.0 Å². The molecule has 3 aliphatic rings. The molecule has 3 fully saturated rings. The molecule has 1 aromatic heterocycles. The fourth-order valence-electron chi connectivity index (χ4n) is 4.37. The van der Waals surface area contributed by atoms with E-state index in [4.69, 9.17) is 19.4 Å². The second-order valence-corrected chi connectivity index (χ2v) is 7.92. The molecule has 0 amide bonds. The van der Waals surface area contributed by atoms with E-state index in [-0.39, 0.29) is 0 Å². The lowest BCUT2D eigenvalue weighted by molar-refractivity contribution is -0.192. The van der Waals surface area contributed by atoms with Crippen LogP contribution < -0.4 is 9.64 Å². The molecular formula is C19H27F3N4O4. The summed E-state index contributed by atoms with van der Waals surface area (Å²) in [6, 6.07) is 2.74. The number of anilines is 1. The Kier molecular flexibility index (Phi) is 7.02. The molecule has 30 heavy (non-hydrogen) atoms. The van der Waals surface area contributed by atoms with E-state index in [0.29, 0.717) is 11.3 Å². The molecule has 0 aromatic carbocycles. The normalized spacial score (nSPS) is 22.1.